The van der Waals surface area contributed by atoms with Crippen LogP contribution in [0.2, 0.25) is 5.02 Å². The Morgan fingerprint density at radius 3 is 2.89 bits per heavy atom. The molecule has 0 spiro atoms. The van der Waals surface area contributed by atoms with Crippen LogP contribution in [-0.2, 0) is 4.74 Å². The number of hydrogen-bond donors (Lipinski definition) is 0. The van der Waals surface area contributed by atoms with Crippen molar-refractivity contribution in [2.75, 3.05) is 18.5 Å². The van der Waals surface area contributed by atoms with Gasteiger partial charge >= 0.3 is 0 Å². The molecule has 0 saturated carbocycles. The minimum Gasteiger partial charge on any atom is -0.373 e. The summed E-state index contributed by atoms with van der Waals surface area (Å²) in [4.78, 5) is 14.4. The van der Waals surface area contributed by atoms with Crippen molar-refractivity contribution in [1.82, 2.24) is 4.90 Å². The molecular weight excluding hydrogens is 397 g/mol. The average molecular weight is 412 g/mol. The van der Waals surface area contributed by atoms with E-state index in [0.717, 1.165) is 9.80 Å². The Morgan fingerprint density at radius 2 is 2.26 bits per heavy atom. The molecule has 1 heterocycles. The zero-order valence-corrected chi connectivity index (χ0v) is 14.3. The van der Waals surface area contributed by atoms with E-state index in [1.54, 1.807) is 18.2 Å². The fourth-order valence-corrected chi connectivity index (χ4v) is 3.29. The highest BCUT2D eigenvalue weighted by Crippen LogP contribution is 2.23. The molecule has 1 aliphatic rings. The number of carbonyl (C=O) groups excluding carboxylic acids is 1. The number of amides is 1. The van der Waals surface area contributed by atoms with Crippen molar-refractivity contribution < 1.29 is 9.53 Å². The first kappa shape index (κ1) is 15.3. The molecule has 1 aliphatic heterocycles. The molecule has 2 atom stereocenters. The molecule has 0 bridgehead atoms. The molecule has 0 N–H and O–H groups in total. The third-order valence-corrected chi connectivity index (χ3v) is 4.45. The number of carbonyl (C=O) groups is 1. The van der Waals surface area contributed by atoms with Gasteiger partial charge in [0.15, 0.2) is 0 Å². The lowest BCUT2D eigenvalue weighted by atomic mass is 10.1. The Hall–Kier alpha value is -0.100. The Bertz CT molecular complexity index is 463. The highest BCUT2D eigenvalue weighted by atomic mass is 79.9. The van der Waals surface area contributed by atoms with Crippen LogP contribution in [-0.4, -0.2) is 41.4 Å². The summed E-state index contributed by atoms with van der Waals surface area (Å²) in [5.41, 5.74) is 0.599. The molecule has 104 valence electrons. The largest absolute Gasteiger partial charge is 0.373 e. The van der Waals surface area contributed by atoms with Gasteiger partial charge < -0.3 is 9.64 Å². The number of nitrogens with zero attached hydrogens (tertiary/aromatic N) is 1. The smallest absolute Gasteiger partial charge is 0.254 e. The molecule has 1 aromatic carbocycles. The van der Waals surface area contributed by atoms with Gasteiger partial charge in [0.25, 0.3) is 5.91 Å². The van der Waals surface area contributed by atoms with Crippen LogP contribution in [0.5, 0.6) is 0 Å². The number of alkyl halides is 1. The van der Waals surface area contributed by atoms with Gasteiger partial charge in [-0.1, -0.05) is 43.5 Å². The Morgan fingerprint density at radius 1 is 1.53 bits per heavy atom. The van der Waals surface area contributed by atoms with Crippen molar-refractivity contribution in [3.05, 3.63) is 33.3 Å². The van der Waals surface area contributed by atoms with Gasteiger partial charge in [-0.3, -0.25) is 4.79 Å². The summed E-state index contributed by atoms with van der Waals surface area (Å²) < 4.78 is 6.43. The molecule has 0 radical (unpaired) electrons. The monoisotopic (exact) mass is 409 g/mol. The summed E-state index contributed by atoms with van der Waals surface area (Å²) in [5, 5.41) is 1.28. The Kier molecular flexibility index (Phi) is 5.29. The lowest BCUT2D eigenvalue weighted by Gasteiger charge is -2.37. The van der Waals surface area contributed by atoms with Gasteiger partial charge in [-0.05, 0) is 25.1 Å². The Labute approximate surface area is 134 Å². The van der Waals surface area contributed by atoms with Crippen molar-refractivity contribution >= 4 is 49.4 Å². The summed E-state index contributed by atoms with van der Waals surface area (Å²) in [6, 6.07) is 5.32. The Balaban J connectivity index is 2.21. The number of halogens is 3. The van der Waals surface area contributed by atoms with E-state index in [0.29, 0.717) is 23.7 Å². The van der Waals surface area contributed by atoms with Crippen molar-refractivity contribution in [2.24, 2.45) is 0 Å². The van der Waals surface area contributed by atoms with E-state index in [-0.39, 0.29) is 18.1 Å². The van der Waals surface area contributed by atoms with E-state index in [1.807, 2.05) is 11.8 Å². The molecule has 0 aromatic heterocycles. The number of benzene rings is 1. The molecule has 19 heavy (non-hydrogen) atoms. The van der Waals surface area contributed by atoms with Crippen molar-refractivity contribution in [3.8, 4) is 0 Å². The van der Waals surface area contributed by atoms with Gasteiger partial charge in [-0.25, -0.2) is 0 Å². The van der Waals surface area contributed by atoms with Gasteiger partial charge in [0.2, 0.25) is 0 Å². The molecule has 3 nitrogen and oxygen atoms in total. The third kappa shape index (κ3) is 3.72. The first-order chi connectivity index (χ1) is 9.01. The van der Waals surface area contributed by atoms with E-state index < -0.39 is 0 Å². The number of hydrogen-bond acceptors (Lipinski definition) is 2. The SMILES string of the molecule is CC1COC(CBr)CN1C(=O)c1cc(Cl)cc(Br)c1. The molecule has 0 aliphatic carbocycles. The minimum absolute atomic E-state index is 0.00931. The summed E-state index contributed by atoms with van der Waals surface area (Å²) in [6.07, 6.45) is 0.0442. The summed E-state index contributed by atoms with van der Waals surface area (Å²) in [6.45, 7) is 3.14. The third-order valence-electron chi connectivity index (χ3n) is 3.05. The van der Waals surface area contributed by atoms with Gasteiger partial charge in [0, 0.05) is 26.9 Å². The van der Waals surface area contributed by atoms with Gasteiger partial charge in [0.05, 0.1) is 18.8 Å². The molecule has 1 aromatic rings. The summed E-state index contributed by atoms with van der Waals surface area (Å²) in [7, 11) is 0. The van der Waals surface area contributed by atoms with Gasteiger partial charge in [-0.2, -0.15) is 0 Å². The van der Waals surface area contributed by atoms with Crippen LogP contribution < -0.4 is 0 Å². The van der Waals surface area contributed by atoms with E-state index in [2.05, 4.69) is 31.9 Å². The molecule has 1 saturated heterocycles. The standard InChI is InChI=1S/C13H14Br2ClNO2/c1-8-7-19-12(5-14)6-17(8)13(18)9-2-10(15)4-11(16)3-9/h2-4,8,12H,5-7H2,1H3. The molecule has 1 fully saturated rings. The molecule has 1 amide bonds. The number of morpholine rings is 1. The maximum Gasteiger partial charge on any atom is 0.254 e. The topological polar surface area (TPSA) is 29.5 Å². The lowest BCUT2D eigenvalue weighted by Crippen LogP contribution is -2.51. The quantitative estimate of drug-likeness (QED) is 0.694. The normalized spacial score (nSPS) is 23.5. The second-order valence-electron chi connectivity index (χ2n) is 4.57. The molecular formula is C13H14Br2ClNO2. The predicted molar refractivity (Wildman–Crippen MR) is 83.2 cm³/mol. The second kappa shape index (κ2) is 6.57. The van der Waals surface area contributed by atoms with Crippen LogP contribution >= 0.6 is 43.5 Å². The van der Waals surface area contributed by atoms with Crippen LogP contribution in [0.4, 0.5) is 0 Å². The molecule has 2 unspecified atom stereocenters. The first-order valence-electron chi connectivity index (χ1n) is 5.96. The van der Waals surface area contributed by atoms with E-state index in [1.165, 1.54) is 0 Å². The van der Waals surface area contributed by atoms with Crippen molar-refractivity contribution in [2.45, 2.75) is 19.1 Å². The van der Waals surface area contributed by atoms with E-state index in [4.69, 9.17) is 16.3 Å². The van der Waals surface area contributed by atoms with Gasteiger partial charge in [-0.15, -0.1) is 0 Å². The first-order valence-corrected chi connectivity index (χ1v) is 8.25. The maximum absolute atomic E-state index is 12.6. The zero-order valence-electron chi connectivity index (χ0n) is 10.4. The average Bonchev–Trinajstić information content (AvgIpc) is 2.37. The summed E-state index contributed by atoms with van der Waals surface area (Å²) in [5.74, 6) is -0.00931. The number of ether oxygens (including phenoxy) is 1. The van der Waals surface area contributed by atoms with Crippen molar-refractivity contribution in [1.29, 1.82) is 0 Å². The fourth-order valence-electron chi connectivity index (χ4n) is 2.04. The van der Waals surface area contributed by atoms with Crippen LogP contribution in [0, 0.1) is 0 Å². The zero-order chi connectivity index (χ0) is 14.0. The van der Waals surface area contributed by atoms with E-state index in [9.17, 15) is 4.79 Å². The van der Waals surface area contributed by atoms with Crippen LogP contribution in [0.25, 0.3) is 0 Å². The second-order valence-corrected chi connectivity index (χ2v) is 6.57. The van der Waals surface area contributed by atoms with Crippen molar-refractivity contribution in [3.63, 3.8) is 0 Å². The van der Waals surface area contributed by atoms with Crippen LogP contribution in [0.15, 0.2) is 22.7 Å². The summed E-state index contributed by atoms with van der Waals surface area (Å²) >= 11 is 12.7. The van der Waals surface area contributed by atoms with E-state index >= 15 is 0 Å². The maximum atomic E-state index is 12.6. The minimum atomic E-state index is -0.00931. The molecule has 2 rings (SSSR count). The van der Waals surface area contributed by atoms with Crippen LogP contribution in [0.3, 0.4) is 0 Å². The lowest BCUT2D eigenvalue weighted by molar-refractivity contribution is -0.0361. The van der Waals surface area contributed by atoms with Crippen LogP contribution in [0.1, 0.15) is 17.3 Å². The highest BCUT2D eigenvalue weighted by Gasteiger charge is 2.29. The van der Waals surface area contributed by atoms with Gasteiger partial charge in [0.1, 0.15) is 0 Å². The molecule has 6 heteroatoms. The number of rotatable bonds is 2. The fraction of sp³-hybridized carbons (Fsp3) is 0.462. The predicted octanol–water partition coefficient (Wildman–Crippen LogP) is 3.73. The highest BCUT2D eigenvalue weighted by molar-refractivity contribution is 9.10.